The number of hydrogen-bond donors (Lipinski definition) is 1. The van der Waals surface area contributed by atoms with Crippen molar-refractivity contribution in [2.45, 2.75) is 26.7 Å². The van der Waals surface area contributed by atoms with E-state index >= 15 is 0 Å². The Morgan fingerprint density at radius 3 is 2.67 bits per heavy atom. The van der Waals surface area contributed by atoms with Gasteiger partial charge in [-0.3, -0.25) is 9.63 Å². The summed E-state index contributed by atoms with van der Waals surface area (Å²) in [6.45, 7) is 5.90. The summed E-state index contributed by atoms with van der Waals surface area (Å²) in [5, 5.41) is 0.701. The van der Waals surface area contributed by atoms with E-state index in [-0.39, 0.29) is 18.4 Å². The van der Waals surface area contributed by atoms with Crippen molar-refractivity contribution in [2.24, 2.45) is 0 Å². The number of carbonyl (C=O) groups is 1. The van der Waals surface area contributed by atoms with Gasteiger partial charge in [-0.2, -0.15) is 0 Å². The molecule has 0 saturated carbocycles. The molecule has 0 aliphatic heterocycles. The summed E-state index contributed by atoms with van der Waals surface area (Å²) in [6, 6.07) is 3.73. The number of carbonyl (C=O) groups excluding carboxylic acids is 1. The molecule has 5 heteroatoms. The molecule has 0 unspecified atom stereocenters. The van der Waals surface area contributed by atoms with Gasteiger partial charge in [-0.15, -0.1) is 0 Å². The molecule has 0 aliphatic carbocycles. The van der Waals surface area contributed by atoms with Gasteiger partial charge in [-0.1, -0.05) is 25.4 Å². The predicted octanol–water partition coefficient (Wildman–Crippen LogP) is 2.83. The van der Waals surface area contributed by atoms with E-state index in [1.54, 1.807) is 0 Å². The number of benzene rings is 1. The van der Waals surface area contributed by atoms with Crippen LogP contribution in [-0.4, -0.2) is 19.6 Å². The van der Waals surface area contributed by atoms with Crippen molar-refractivity contribution >= 4 is 17.5 Å². The van der Waals surface area contributed by atoms with Crippen LogP contribution in [0.5, 0.6) is 5.75 Å². The first-order chi connectivity index (χ1) is 8.45. The van der Waals surface area contributed by atoms with Crippen LogP contribution in [-0.2, 0) is 9.63 Å². The van der Waals surface area contributed by atoms with E-state index in [1.165, 1.54) is 7.11 Å². The van der Waals surface area contributed by atoms with Crippen molar-refractivity contribution in [3.63, 3.8) is 0 Å². The maximum Gasteiger partial charge on any atom is 0.281 e. The Hall–Kier alpha value is -1.26. The summed E-state index contributed by atoms with van der Waals surface area (Å²) in [7, 11) is 1.38. The van der Waals surface area contributed by atoms with Gasteiger partial charge in [0, 0.05) is 5.02 Å². The number of hydroxylamine groups is 1. The molecule has 1 amide bonds. The lowest BCUT2D eigenvalue weighted by Gasteiger charge is -2.15. The number of hydrogen-bond acceptors (Lipinski definition) is 3. The first-order valence-corrected chi connectivity index (χ1v) is 6.08. The van der Waals surface area contributed by atoms with Crippen LogP contribution in [0.1, 0.15) is 30.9 Å². The normalized spacial score (nSPS) is 10.6. The van der Waals surface area contributed by atoms with Gasteiger partial charge in [0.2, 0.25) is 0 Å². The Balaban J connectivity index is 2.86. The summed E-state index contributed by atoms with van der Waals surface area (Å²) < 4.78 is 5.50. The van der Waals surface area contributed by atoms with Crippen LogP contribution in [0, 0.1) is 6.92 Å². The highest BCUT2D eigenvalue weighted by molar-refractivity contribution is 6.31. The minimum absolute atomic E-state index is 0.0887. The van der Waals surface area contributed by atoms with E-state index in [9.17, 15) is 4.79 Å². The second-order valence-corrected chi connectivity index (χ2v) is 4.72. The predicted molar refractivity (Wildman–Crippen MR) is 70.9 cm³/mol. The number of nitrogens with one attached hydrogen (secondary N) is 1. The van der Waals surface area contributed by atoms with E-state index in [2.05, 4.69) is 10.3 Å². The van der Waals surface area contributed by atoms with Gasteiger partial charge in [0.25, 0.3) is 5.91 Å². The summed E-state index contributed by atoms with van der Waals surface area (Å²) >= 11 is 6.09. The van der Waals surface area contributed by atoms with Crippen LogP contribution >= 0.6 is 11.6 Å². The zero-order valence-corrected chi connectivity index (χ0v) is 11.8. The molecule has 18 heavy (non-hydrogen) atoms. The average molecular weight is 272 g/mol. The Labute approximate surface area is 112 Å². The Morgan fingerprint density at radius 1 is 1.44 bits per heavy atom. The second-order valence-electron chi connectivity index (χ2n) is 4.31. The van der Waals surface area contributed by atoms with Crippen molar-refractivity contribution < 1.29 is 14.4 Å². The lowest BCUT2D eigenvalue weighted by Crippen LogP contribution is -2.27. The van der Waals surface area contributed by atoms with Crippen molar-refractivity contribution in [2.75, 3.05) is 13.7 Å². The molecule has 0 radical (unpaired) electrons. The third-order valence-electron chi connectivity index (χ3n) is 2.49. The summed E-state index contributed by atoms with van der Waals surface area (Å²) in [6.07, 6.45) is 0. The first kappa shape index (κ1) is 14.8. The Morgan fingerprint density at radius 2 is 2.11 bits per heavy atom. The fourth-order valence-electron chi connectivity index (χ4n) is 1.53. The number of halogens is 1. The number of rotatable bonds is 5. The SMILES string of the molecule is CONC(=O)COc1cc(C)c(Cl)cc1C(C)C. The zero-order chi connectivity index (χ0) is 13.7. The molecule has 0 aromatic heterocycles. The third kappa shape index (κ3) is 3.89. The van der Waals surface area contributed by atoms with Gasteiger partial charge < -0.3 is 4.74 Å². The monoisotopic (exact) mass is 271 g/mol. The highest BCUT2D eigenvalue weighted by Crippen LogP contribution is 2.31. The van der Waals surface area contributed by atoms with Crippen LogP contribution in [0.2, 0.25) is 5.02 Å². The fraction of sp³-hybridized carbons (Fsp3) is 0.462. The van der Waals surface area contributed by atoms with Crippen molar-refractivity contribution in [3.05, 3.63) is 28.3 Å². The standard InChI is InChI=1S/C13H18ClNO3/c1-8(2)10-6-11(14)9(3)5-12(10)18-7-13(16)15-17-4/h5-6,8H,7H2,1-4H3,(H,15,16). The minimum Gasteiger partial charge on any atom is -0.483 e. The maximum atomic E-state index is 11.3. The average Bonchev–Trinajstić information content (AvgIpc) is 2.30. The molecule has 1 aromatic rings. The van der Waals surface area contributed by atoms with Crippen LogP contribution in [0.25, 0.3) is 0 Å². The molecule has 0 aliphatic rings. The minimum atomic E-state index is -0.334. The quantitative estimate of drug-likeness (QED) is 0.838. The molecule has 1 aromatic carbocycles. The van der Waals surface area contributed by atoms with Crippen LogP contribution < -0.4 is 10.2 Å². The topological polar surface area (TPSA) is 47.6 Å². The number of aryl methyl sites for hydroxylation is 1. The van der Waals surface area contributed by atoms with Gasteiger partial charge in [-0.05, 0) is 36.1 Å². The van der Waals surface area contributed by atoms with E-state index in [1.807, 2.05) is 32.9 Å². The highest BCUT2D eigenvalue weighted by Gasteiger charge is 2.12. The van der Waals surface area contributed by atoms with Crippen molar-refractivity contribution in [3.8, 4) is 5.75 Å². The molecule has 4 nitrogen and oxygen atoms in total. The van der Waals surface area contributed by atoms with Gasteiger partial charge >= 0.3 is 0 Å². The van der Waals surface area contributed by atoms with E-state index in [4.69, 9.17) is 16.3 Å². The fourth-order valence-corrected chi connectivity index (χ4v) is 1.71. The molecule has 1 N–H and O–H groups in total. The van der Waals surface area contributed by atoms with Crippen molar-refractivity contribution in [1.82, 2.24) is 5.48 Å². The number of amides is 1. The molecule has 100 valence electrons. The van der Waals surface area contributed by atoms with Gasteiger partial charge in [-0.25, -0.2) is 5.48 Å². The van der Waals surface area contributed by atoms with Crippen LogP contribution in [0.3, 0.4) is 0 Å². The summed E-state index contributed by atoms with van der Waals surface area (Å²) in [5.41, 5.74) is 4.10. The van der Waals surface area contributed by atoms with E-state index < -0.39 is 0 Å². The van der Waals surface area contributed by atoms with Gasteiger partial charge in [0.15, 0.2) is 6.61 Å². The molecule has 0 heterocycles. The smallest absolute Gasteiger partial charge is 0.281 e. The van der Waals surface area contributed by atoms with Gasteiger partial charge in [0.05, 0.1) is 7.11 Å². The summed E-state index contributed by atoms with van der Waals surface area (Å²) in [5.74, 6) is 0.613. The van der Waals surface area contributed by atoms with E-state index in [0.717, 1.165) is 11.1 Å². The maximum absolute atomic E-state index is 11.3. The zero-order valence-electron chi connectivity index (χ0n) is 11.0. The molecule has 0 bridgehead atoms. The lowest BCUT2D eigenvalue weighted by atomic mass is 10.0. The Bertz CT molecular complexity index is 432. The molecular formula is C13H18ClNO3. The molecule has 0 fully saturated rings. The second kappa shape index (κ2) is 6.61. The highest BCUT2D eigenvalue weighted by atomic mass is 35.5. The third-order valence-corrected chi connectivity index (χ3v) is 2.89. The summed E-state index contributed by atoms with van der Waals surface area (Å²) in [4.78, 5) is 15.8. The van der Waals surface area contributed by atoms with Gasteiger partial charge in [0.1, 0.15) is 5.75 Å². The lowest BCUT2D eigenvalue weighted by molar-refractivity contribution is -0.133. The van der Waals surface area contributed by atoms with Crippen LogP contribution in [0.4, 0.5) is 0 Å². The number of ether oxygens (including phenoxy) is 1. The molecule has 0 atom stereocenters. The molecular weight excluding hydrogens is 254 g/mol. The van der Waals surface area contributed by atoms with Crippen molar-refractivity contribution in [1.29, 1.82) is 0 Å². The first-order valence-electron chi connectivity index (χ1n) is 5.70. The van der Waals surface area contributed by atoms with E-state index in [0.29, 0.717) is 10.8 Å². The van der Waals surface area contributed by atoms with Crippen LogP contribution in [0.15, 0.2) is 12.1 Å². The largest absolute Gasteiger partial charge is 0.483 e. The molecule has 0 saturated heterocycles. The Kier molecular flexibility index (Phi) is 5.44. The molecule has 0 spiro atoms. The molecule has 1 rings (SSSR count).